The first-order valence-corrected chi connectivity index (χ1v) is 4.83. The first-order chi connectivity index (χ1) is 7.07. The van der Waals surface area contributed by atoms with Crippen LogP contribution in [-0.4, -0.2) is 36.5 Å². The van der Waals surface area contributed by atoms with E-state index < -0.39 is 0 Å². The van der Waals surface area contributed by atoms with Crippen molar-refractivity contribution in [2.45, 2.75) is 26.0 Å². The molecule has 0 fully saturated rings. The third-order valence-electron chi connectivity index (χ3n) is 2.01. The first kappa shape index (κ1) is 11.9. The summed E-state index contributed by atoms with van der Waals surface area (Å²) >= 11 is 0. The minimum Gasteiger partial charge on any atom is -0.407 e. The minimum atomic E-state index is -0.252. The maximum atomic E-state index is 5.31. The molecule has 0 spiro atoms. The fraction of sp³-hybridized carbons (Fsp3) is 0.778. The summed E-state index contributed by atoms with van der Waals surface area (Å²) in [5, 5.41) is 13.7. The van der Waals surface area contributed by atoms with Crippen molar-refractivity contribution in [1.82, 2.24) is 15.5 Å². The highest BCUT2D eigenvalue weighted by atomic mass is 16.5. The average molecular weight is 214 g/mol. The van der Waals surface area contributed by atoms with Crippen LogP contribution in [0.25, 0.3) is 0 Å². The lowest BCUT2D eigenvalue weighted by Crippen LogP contribution is -2.32. The number of hydrogen-bond donors (Lipinski definition) is 2. The van der Waals surface area contributed by atoms with Gasteiger partial charge in [0.2, 0.25) is 5.89 Å². The summed E-state index contributed by atoms with van der Waals surface area (Å²) in [6, 6.07) is 0.422. The number of anilines is 1. The molecule has 0 saturated carbocycles. The Kier molecular flexibility index (Phi) is 4.05. The number of methoxy groups -OCH3 is 1. The van der Waals surface area contributed by atoms with E-state index in [0.29, 0.717) is 25.0 Å². The molecule has 15 heavy (non-hydrogen) atoms. The number of ether oxygens (including phenoxy) is 1. The van der Waals surface area contributed by atoms with Crippen LogP contribution < -0.4 is 10.6 Å². The van der Waals surface area contributed by atoms with Crippen molar-refractivity contribution in [3.8, 4) is 0 Å². The predicted molar refractivity (Wildman–Crippen MR) is 56.6 cm³/mol. The maximum Gasteiger partial charge on any atom is 0.315 e. The van der Waals surface area contributed by atoms with E-state index in [0.717, 1.165) is 0 Å². The molecule has 0 saturated heterocycles. The minimum absolute atomic E-state index is 0.252. The van der Waals surface area contributed by atoms with Gasteiger partial charge in [0.25, 0.3) is 0 Å². The molecule has 0 unspecified atom stereocenters. The number of nitrogens with zero attached hydrogens (tertiary/aromatic N) is 2. The standard InChI is InChI=1S/C9H18N4O2/c1-9(2,14-4)6-11-8-13-12-7(15-8)5-10-3/h10H,5-6H2,1-4H3,(H,11,13). The second kappa shape index (κ2) is 5.09. The van der Waals surface area contributed by atoms with Crippen molar-refractivity contribution in [2.24, 2.45) is 0 Å². The van der Waals surface area contributed by atoms with Gasteiger partial charge in [-0.3, -0.25) is 0 Å². The summed E-state index contributed by atoms with van der Waals surface area (Å²) in [6.07, 6.45) is 0. The predicted octanol–water partition coefficient (Wildman–Crippen LogP) is 0.626. The fourth-order valence-corrected chi connectivity index (χ4v) is 0.908. The maximum absolute atomic E-state index is 5.31. The molecule has 0 aliphatic rings. The Balaban J connectivity index is 2.44. The van der Waals surface area contributed by atoms with E-state index in [-0.39, 0.29) is 5.60 Å². The third-order valence-corrected chi connectivity index (χ3v) is 2.01. The molecule has 0 aliphatic carbocycles. The van der Waals surface area contributed by atoms with E-state index in [1.807, 2.05) is 20.9 Å². The van der Waals surface area contributed by atoms with Crippen LogP contribution in [0, 0.1) is 0 Å². The molecule has 1 heterocycles. The lowest BCUT2D eigenvalue weighted by Gasteiger charge is -2.22. The molecule has 1 aromatic rings. The van der Waals surface area contributed by atoms with Gasteiger partial charge < -0.3 is 19.8 Å². The van der Waals surface area contributed by atoms with Crippen LogP contribution in [-0.2, 0) is 11.3 Å². The quantitative estimate of drug-likeness (QED) is 0.723. The monoisotopic (exact) mass is 214 g/mol. The number of nitrogens with one attached hydrogen (secondary N) is 2. The summed E-state index contributed by atoms with van der Waals surface area (Å²) in [7, 11) is 3.49. The van der Waals surface area contributed by atoms with E-state index in [1.165, 1.54) is 0 Å². The van der Waals surface area contributed by atoms with Crippen molar-refractivity contribution in [1.29, 1.82) is 0 Å². The lowest BCUT2D eigenvalue weighted by atomic mass is 10.1. The van der Waals surface area contributed by atoms with Gasteiger partial charge in [-0.1, -0.05) is 5.10 Å². The average Bonchev–Trinajstić information content (AvgIpc) is 2.64. The molecule has 0 atom stereocenters. The van der Waals surface area contributed by atoms with Gasteiger partial charge in [0.1, 0.15) is 0 Å². The molecule has 1 rings (SSSR count). The van der Waals surface area contributed by atoms with Gasteiger partial charge in [-0.2, -0.15) is 0 Å². The zero-order valence-electron chi connectivity index (χ0n) is 9.63. The van der Waals surface area contributed by atoms with Crippen LogP contribution in [0.4, 0.5) is 6.01 Å². The SMILES string of the molecule is CNCc1nnc(NCC(C)(C)OC)o1. The topological polar surface area (TPSA) is 72.2 Å². The van der Waals surface area contributed by atoms with Gasteiger partial charge in [0, 0.05) is 13.7 Å². The Hall–Kier alpha value is -1.14. The molecule has 0 radical (unpaired) electrons. The van der Waals surface area contributed by atoms with E-state index in [4.69, 9.17) is 9.15 Å². The Labute approximate surface area is 89.4 Å². The number of hydrogen-bond acceptors (Lipinski definition) is 6. The van der Waals surface area contributed by atoms with Crippen LogP contribution in [0.5, 0.6) is 0 Å². The molecule has 1 aromatic heterocycles. The van der Waals surface area contributed by atoms with Crippen molar-refractivity contribution in [3.63, 3.8) is 0 Å². The van der Waals surface area contributed by atoms with Crippen molar-refractivity contribution >= 4 is 6.01 Å². The summed E-state index contributed by atoms with van der Waals surface area (Å²) in [4.78, 5) is 0. The molecule has 6 heteroatoms. The van der Waals surface area contributed by atoms with E-state index in [2.05, 4.69) is 20.8 Å². The molecule has 6 nitrogen and oxygen atoms in total. The Morgan fingerprint density at radius 1 is 1.40 bits per heavy atom. The molecule has 0 amide bonds. The third kappa shape index (κ3) is 3.85. The summed E-state index contributed by atoms with van der Waals surface area (Å²) < 4.78 is 10.6. The normalized spacial score (nSPS) is 11.7. The van der Waals surface area contributed by atoms with Gasteiger partial charge in [-0.25, -0.2) is 0 Å². The van der Waals surface area contributed by atoms with Crippen LogP contribution in [0.1, 0.15) is 19.7 Å². The molecular formula is C9H18N4O2. The second-order valence-electron chi connectivity index (χ2n) is 3.85. The zero-order chi connectivity index (χ0) is 11.3. The largest absolute Gasteiger partial charge is 0.407 e. The first-order valence-electron chi connectivity index (χ1n) is 4.83. The van der Waals surface area contributed by atoms with E-state index >= 15 is 0 Å². The van der Waals surface area contributed by atoms with Crippen molar-refractivity contribution in [3.05, 3.63) is 5.89 Å². The van der Waals surface area contributed by atoms with Crippen molar-refractivity contribution in [2.75, 3.05) is 26.0 Å². The van der Waals surface area contributed by atoms with E-state index in [1.54, 1.807) is 7.11 Å². The highest BCUT2D eigenvalue weighted by Crippen LogP contribution is 2.10. The van der Waals surface area contributed by atoms with E-state index in [9.17, 15) is 0 Å². The molecule has 2 N–H and O–H groups in total. The highest BCUT2D eigenvalue weighted by molar-refractivity contribution is 5.17. The van der Waals surface area contributed by atoms with Gasteiger partial charge in [0.05, 0.1) is 12.1 Å². The second-order valence-corrected chi connectivity index (χ2v) is 3.85. The van der Waals surface area contributed by atoms with Gasteiger partial charge in [-0.15, -0.1) is 5.10 Å². The Morgan fingerprint density at radius 3 is 2.73 bits per heavy atom. The van der Waals surface area contributed by atoms with Gasteiger partial charge in [-0.05, 0) is 20.9 Å². The number of rotatable bonds is 6. The van der Waals surface area contributed by atoms with Crippen LogP contribution >= 0.6 is 0 Å². The smallest absolute Gasteiger partial charge is 0.315 e. The molecule has 86 valence electrons. The van der Waals surface area contributed by atoms with Gasteiger partial charge in [0.15, 0.2) is 0 Å². The van der Waals surface area contributed by atoms with Crippen LogP contribution in [0.15, 0.2) is 4.42 Å². The van der Waals surface area contributed by atoms with Crippen molar-refractivity contribution < 1.29 is 9.15 Å². The summed E-state index contributed by atoms with van der Waals surface area (Å²) in [5.74, 6) is 0.565. The number of aromatic nitrogens is 2. The molecule has 0 bridgehead atoms. The Bertz CT molecular complexity index is 298. The summed E-state index contributed by atoms with van der Waals surface area (Å²) in [5.41, 5.74) is -0.252. The molecular weight excluding hydrogens is 196 g/mol. The Morgan fingerprint density at radius 2 is 2.13 bits per heavy atom. The molecule has 0 aliphatic heterocycles. The highest BCUT2D eigenvalue weighted by Gasteiger charge is 2.17. The van der Waals surface area contributed by atoms with Crippen LogP contribution in [0.2, 0.25) is 0 Å². The fourth-order valence-electron chi connectivity index (χ4n) is 0.908. The summed E-state index contributed by atoms with van der Waals surface area (Å²) in [6.45, 7) is 5.14. The lowest BCUT2D eigenvalue weighted by molar-refractivity contribution is 0.0339. The zero-order valence-corrected chi connectivity index (χ0v) is 9.63. The van der Waals surface area contributed by atoms with Crippen LogP contribution in [0.3, 0.4) is 0 Å². The molecule has 0 aromatic carbocycles. The van der Waals surface area contributed by atoms with Gasteiger partial charge >= 0.3 is 6.01 Å².